The van der Waals surface area contributed by atoms with Gasteiger partial charge in [0.25, 0.3) is 0 Å². The zero-order valence-corrected chi connectivity index (χ0v) is 12.0. The van der Waals surface area contributed by atoms with Gasteiger partial charge in [0.1, 0.15) is 10.0 Å². The molecule has 3 nitrogen and oxygen atoms in total. The third kappa shape index (κ3) is 6.74. The summed E-state index contributed by atoms with van der Waals surface area (Å²) in [6, 6.07) is 0. The molecule has 4 heteroatoms. The number of nitrogens with one attached hydrogen (secondary N) is 1. The molecule has 1 aromatic heterocycles. The number of rotatable bonds is 10. The van der Waals surface area contributed by atoms with Gasteiger partial charge in [0.05, 0.1) is 0 Å². The molecule has 0 saturated carbocycles. The highest BCUT2D eigenvalue weighted by Crippen LogP contribution is 2.14. The summed E-state index contributed by atoms with van der Waals surface area (Å²) in [6.07, 6.45) is 8.39. The summed E-state index contributed by atoms with van der Waals surface area (Å²) in [5.74, 6) is 0. The van der Waals surface area contributed by atoms with Crippen molar-refractivity contribution in [1.29, 1.82) is 0 Å². The minimum absolute atomic E-state index is 1.07. The molecule has 1 rings (SSSR count). The lowest BCUT2D eigenvalue weighted by molar-refractivity contribution is 0.637. The van der Waals surface area contributed by atoms with Crippen LogP contribution in [0.4, 0.5) is 0 Å². The third-order valence-electron chi connectivity index (χ3n) is 2.67. The Kier molecular flexibility index (Phi) is 8.18. The third-order valence-corrected chi connectivity index (χ3v) is 3.72. The van der Waals surface area contributed by atoms with Crippen LogP contribution in [0.1, 0.15) is 56.0 Å². The lowest BCUT2D eigenvalue weighted by Crippen LogP contribution is -2.16. The van der Waals surface area contributed by atoms with Gasteiger partial charge < -0.3 is 5.32 Å². The van der Waals surface area contributed by atoms with E-state index in [1.165, 1.54) is 42.1 Å². The minimum Gasteiger partial charge on any atom is -0.317 e. The van der Waals surface area contributed by atoms with Gasteiger partial charge in [-0.1, -0.05) is 26.7 Å². The number of nitrogens with zero attached hydrogens (tertiary/aromatic N) is 2. The molecule has 0 aromatic carbocycles. The average molecular weight is 255 g/mol. The van der Waals surface area contributed by atoms with Crippen LogP contribution >= 0.6 is 11.3 Å². The number of unbranched alkanes of at least 4 members (excludes halogenated alkanes) is 2. The molecule has 0 atom stereocenters. The monoisotopic (exact) mass is 255 g/mol. The number of aromatic nitrogens is 2. The van der Waals surface area contributed by atoms with Crippen LogP contribution in [0.5, 0.6) is 0 Å². The molecule has 0 amide bonds. The van der Waals surface area contributed by atoms with E-state index in [-0.39, 0.29) is 0 Å². The van der Waals surface area contributed by atoms with Gasteiger partial charge in [-0.25, -0.2) is 0 Å². The molecule has 1 N–H and O–H groups in total. The average Bonchev–Trinajstić information content (AvgIpc) is 2.77. The van der Waals surface area contributed by atoms with E-state index in [0.29, 0.717) is 0 Å². The zero-order valence-electron chi connectivity index (χ0n) is 11.2. The summed E-state index contributed by atoms with van der Waals surface area (Å²) >= 11 is 1.80. The maximum Gasteiger partial charge on any atom is 0.117 e. The Bertz CT molecular complexity index is 286. The molecule has 0 radical (unpaired) electrons. The molecule has 0 aliphatic heterocycles. The number of hydrogen-bond acceptors (Lipinski definition) is 4. The van der Waals surface area contributed by atoms with Gasteiger partial charge in [-0.15, -0.1) is 21.5 Å². The Morgan fingerprint density at radius 3 is 2.24 bits per heavy atom. The normalized spacial score (nSPS) is 10.9. The van der Waals surface area contributed by atoms with E-state index in [4.69, 9.17) is 0 Å². The van der Waals surface area contributed by atoms with Gasteiger partial charge in [-0.3, -0.25) is 0 Å². The first kappa shape index (κ1) is 14.6. The van der Waals surface area contributed by atoms with Crippen molar-refractivity contribution in [3.8, 4) is 0 Å². The Balaban J connectivity index is 2.12. The van der Waals surface area contributed by atoms with Crippen molar-refractivity contribution in [2.24, 2.45) is 0 Å². The molecule has 1 aromatic rings. The van der Waals surface area contributed by atoms with Crippen LogP contribution in [-0.2, 0) is 12.8 Å². The molecular formula is C13H25N3S. The summed E-state index contributed by atoms with van der Waals surface area (Å²) in [5, 5.41) is 14.3. The standard InChI is InChI=1S/C13H25N3S/c1-3-5-6-8-12-15-16-13(17-12)9-7-11-14-10-4-2/h14H,3-11H2,1-2H3. The Hall–Kier alpha value is -0.480. The smallest absolute Gasteiger partial charge is 0.117 e. The van der Waals surface area contributed by atoms with E-state index in [1.54, 1.807) is 11.3 Å². The van der Waals surface area contributed by atoms with E-state index in [1.807, 2.05) is 0 Å². The van der Waals surface area contributed by atoms with Crippen LogP contribution in [0.15, 0.2) is 0 Å². The van der Waals surface area contributed by atoms with Crippen LogP contribution in [0, 0.1) is 0 Å². The second-order valence-electron chi connectivity index (χ2n) is 4.40. The molecule has 17 heavy (non-hydrogen) atoms. The molecule has 0 aliphatic carbocycles. The fraction of sp³-hybridized carbons (Fsp3) is 0.846. The van der Waals surface area contributed by atoms with Gasteiger partial charge >= 0.3 is 0 Å². The second-order valence-corrected chi connectivity index (χ2v) is 5.55. The fourth-order valence-corrected chi connectivity index (χ4v) is 2.61. The van der Waals surface area contributed by atoms with E-state index in [0.717, 1.165) is 25.9 Å². The molecule has 98 valence electrons. The molecule has 0 bridgehead atoms. The summed E-state index contributed by atoms with van der Waals surface area (Å²) in [5.41, 5.74) is 0. The minimum atomic E-state index is 1.07. The van der Waals surface area contributed by atoms with Gasteiger partial charge in [0, 0.05) is 12.8 Å². The van der Waals surface area contributed by atoms with Gasteiger partial charge in [-0.05, 0) is 32.4 Å². The Morgan fingerprint density at radius 2 is 1.59 bits per heavy atom. The molecule has 1 heterocycles. The van der Waals surface area contributed by atoms with Crippen LogP contribution in [0.2, 0.25) is 0 Å². The Morgan fingerprint density at radius 1 is 0.882 bits per heavy atom. The molecule has 0 aliphatic rings. The highest BCUT2D eigenvalue weighted by atomic mass is 32.1. The highest BCUT2D eigenvalue weighted by Gasteiger charge is 2.03. The largest absolute Gasteiger partial charge is 0.317 e. The summed E-state index contributed by atoms with van der Waals surface area (Å²) in [6.45, 7) is 6.64. The van der Waals surface area contributed by atoms with E-state index in [2.05, 4.69) is 29.4 Å². The van der Waals surface area contributed by atoms with Crippen molar-refractivity contribution < 1.29 is 0 Å². The van der Waals surface area contributed by atoms with Crippen LogP contribution in [0.25, 0.3) is 0 Å². The summed E-state index contributed by atoms with van der Waals surface area (Å²) in [4.78, 5) is 0. The van der Waals surface area contributed by atoms with Crippen molar-refractivity contribution in [2.45, 2.75) is 58.8 Å². The molecule has 0 unspecified atom stereocenters. The quantitative estimate of drug-likeness (QED) is 0.652. The second kappa shape index (κ2) is 9.54. The highest BCUT2D eigenvalue weighted by molar-refractivity contribution is 7.11. The van der Waals surface area contributed by atoms with Crippen molar-refractivity contribution in [2.75, 3.05) is 13.1 Å². The van der Waals surface area contributed by atoms with Crippen molar-refractivity contribution in [3.63, 3.8) is 0 Å². The van der Waals surface area contributed by atoms with Crippen LogP contribution in [0.3, 0.4) is 0 Å². The number of aryl methyl sites for hydroxylation is 2. The first-order chi connectivity index (χ1) is 8.36. The van der Waals surface area contributed by atoms with E-state index in [9.17, 15) is 0 Å². The lowest BCUT2D eigenvalue weighted by Gasteiger charge is -1.99. The lowest BCUT2D eigenvalue weighted by atomic mass is 10.2. The molecule has 0 spiro atoms. The van der Waals surface area contributed by atoms with Crippen LogP contribution < -0.4 is 5.32 Å². The van der Waals surface area contributed by atoms with Crippen LogP contribution in [-0.4, -0.2) is 23.3 Å². The topological polar surface area (TPSA) is 37.8 Å². The maximum absolute atomic E-state index is 4.25. The molecular weight excluding hydrogens is 230 g/mol. The summed E-state index contributed by atoms with van der Waals surface area (Å²) < 4.78 is 0. The predicted molar refractivity (Wildman–Crippen MR) is 74.6 cm³/mol. The molecule has 0 saturated heterocycles. The summed E-state index contributed by atoms with van der Waals surface area (Å²) in [7, 11) is 0. The molecule has 0 fully saturated rings. The van der Waals surface area contributed by atoms with Gasteiger partial charge in [-0.2, -0.15) is 0 Å². The van der Waals surface area contributed by atoms with Crippen molar-refractivity contribution >= 4 is 11.3 Å². The van der Waals surface area contributed by atoms with E-state index < -0.39 is 0 Å². The van der Waals surface area contributed by atoms with Gasteiger partial charge in [0.2, 0.25) is 0 Å². The maximum atomic E-state index is 4.25. The van der Waals surface area contributed by atoms with Gasteiger partial charge in [0.15, 0.2) is 0 Å². The number of hydrogen-bond donors (Lipinski definition) is 1. The Labute approximate surface area is 109 Å². The predicted octanol–water partition coefficient (Wildman–Crippen LogP) is 3.20. The fourth-order valence-electron chi connectivity index (χ4n) is 1.68. The first-order valence-electron chi connectivity index (χ1n) is 6.88. The first-order valence-corrected chi connectivity index (χ1v) is 7.70. The van der Waals surface area contributed by atoms with Crippen molar-refractivity contribution in [1.82, 2.24) is 15.5 Å². The van der Waals surface area contributed by atoms with Crippen molar-refractivity contribution in [3.05, 3.63) is 10.0 Å². The SMILES string of the molecule is CCCCCc1nnc(CCCNCCC)s1. The zero-order chi connectivity index (χ0) is 12.3. The van der Waals surface area contributed by atoms with E-state index >= 15 is 0 Å².